The number of nitro benzene ring substituents is 1. The number of para-hydroxylation sites is 2. The van der Waals surface area contributed by atoms with Crippen molar-refractivity contribution in [1.82, 2.24) is 5.32 Å². The number of carbonyl (C=O) groups is 1. The number of anilines is 1. The van der Waals surface area contributed by atoms with Crippen LogP contribution < -0.4 is 10.6 Å². The van der Waals surface area contributed by atoms with E-state index in [1.54, 1.807) is 19.1 Å². The number of benzene rings is 2. The predicted octanol–water partition coefficient (Wildman–Crippen LogP) is 4.43. The van der Waals surface area contributed by atoms with Gasteiger partial charge in [-0.25, -0.2) is 0 Å². The summed E-state index contributed by atoms with van der Waals surface area (Å²) < 4.78 is 0.994. The van der Waals surface area contributed by atoms with Gasteiger partial charge in [-0.3, -0.25) is 20.2 Å². The zero-order valence-corrected chi connectivity index (χ0v) is 15.6. The second-order valence-corrected chi connectivity index (χ2v) is 6.58. The fourth-order valence-corrected chi connectivity index (χ4v) is 2.77. The van der Waals surface area contributed by atoms with E-state index < -0.39 is 11.0 Å². The van der Waals surface area contributed by atoms with Crippen molar-refractivity contribution in [1.29, 1.82) is 0 Å². The molecular formula is C18H20BrN3O3. The number of hydrogen-bond donors (Lipinski definition) is 2. The van der Waals surface area contributed by atoms with E-state index in [1.807, 2.05) is 31.2 Å². The second-order valence-electron chi connectivity index (χ2n) is 5.66. The summed E-state index contributed by atoms with van der Waals surface area (Å²) in [6.45, 7) is 3.78. The number of nitrogens with zero attached hydrogens (tertiary/aromatic N) is 1. The van der Waals surface area contributed by atoms with Crippen LogP contribution in [0.1, 0.15) is 31.9 Å². The molecule has 7 heteroatoms. The molecule has 0 aromatic heterocycles. The second kappa shape index (κ2) is 8.73. The van der Waals surface area contributed by atoms with Gasteiger partial charge in [-0.05, 0) is 37.1 Å². The first kappa shape index (κ1) is 19.1. The monoisotopic (exact) mass is 405 g/mol. The molecule has 0 bridgehead atoms. The van der Waals surface area contributed by atoms with E-state index in [2.05, 4.69) is 26.6 Å². The lowest BCUT2D eigenvalue weighted by atomic mass is 10.0. The van der Waals surface area contributed by atoms with E-state index in [1.165, 1.54) is 12.1 Å². The van der Waals surface area contributed by atoms with E-state index in [9.17, 15) is 14.9 Å². The average molecular weight is 406 g/mol. The Morgan fingerprint density at radius 3 is 2.44 bits per heavy atom. The van der Waals surface area contributed by atoms with Crippen LogP contribution in [0.2, 0.25) is 0 Å². The Bertz CT molecular complexity index is 749. The molecule has 0 heterocycles. The van der Waals surface area contributed by atoms with E-state index >= 15 is 0 Å². The number of amides is 1. The lowest BCUT2D eigenvalue weighted by Gasteiger charge is -2.22. The molecule has 0 fully saturated rings. The molecule has 2 aromatic carbocycles. The van der Waals surface area contributed by atoms with Crippen molar-refractivity contribution >= 4 is 33.2 Å². The van der Waals surface area contributed by atoms with E-state index in [4.69, 9.17) is 0 Å². The Morgan fingerprint density at radius 1 is 1.20 bits per heavy atom. The van der Waals surface area contributed by atoms with Gasteiger partial charge < -0.3 is 5.32 Å². The summed E-state index contributed by atoms with van der Waals surface area (Å²) in [5, 5.41) is 16.9. The summed E-state index contributed by atoms with van der Waals surface area (Å²) in [4.78, 5) is 23.0. The highest BCUT2D eigenvalue weighted by Crippen LogP contribution is 2.24. The summed E-state index contributed by atoms with van der Waals surface area (Å²) in [5.74, 6) is -0.315. The maximum absolute atomic E-state index is 12.4. The smallest absolute Gasteiger partial charge is 0.292 e. The third-order valence-electron chi connectivity index (χ3n) is 3.88. The number of halogens is 1. The third-order valence-corrected chi connectivity index (χ3v) is 4.41. The van der Waals surface area contributed by atoms with Gasteiger partial charge in [0.15, 0.2) is 0 Å². The Morgan fingerprint density at radius 2 is 1.84 bits per heavy atom. The highest BCUT2D eigenvalue weighted by atomic mass is 79.9. The fraction of sp³-hybridized carbons (Fsp3) is 0.278. The molecule has 0 aliphatic rings. The molecule has 2 atom stereocenters. The minimum Gasteiger partial charge on any atom is -0.319 e. The van der Waals surface area contributed by atoms with Gasteiger partial charge in [0.2, 0.25) is 5.91 Å². The molecule has 0 radical (unpaired) electrons. The predicted molar refractivity (Wildman–Crippen MR) is 101 cm³/mol. The van der Waals surface area contributed by atoms with Crippen molar-refractivity contribution in [2.24, 2.45) is 0 Å². The van der Waals surface area contributed by atoms with Gasteiger partial charge in [-0.2, -0.15) is 0 Å². The van der Waals surface area contributed by atoms with Crippen LogP contribution in [-0.2, 0) is 4.79 Å². The topological polar surface area (TPSA) is 84.3 Å². The van der Waals surface area contributed by atoms with Crippen LogP contribution >= 0.6 is 15.9 Å². The van der Waals surface area contributed by atoms with Crippen LogP contribution in [0.3, 0.4) is 0 Å². The van der Waals surface area contributed by atoms with Crippen molar-refractivity contribution in [2.75, 3.05) is 5.32 Å². The van der Waals surface area contributed by atoms with E-state index in [0.717, 1.165) is 16.5 Å². The standard InChI is InChI=1S/C18H20BrN3O3/c1-3-15(13-8-10-14(19)11-9-13)20-12(2)18(23)21-16-6-4-5-7-17(16)22(24)25/h4-12,15,20H,3H2,1-2H3,(H,21,23)/t12-,15-/m0/s1. The van der Waals surface area contributed by atoms with Crippen LogP contribution in [0.15, 0.2) is 53.0 Å². The van der Waals surface area contributed by atoms with Crippen molar-refractivity contribution in [3.8, 4) is 0 Å². The summed E-state index contributed by atoms with van der Waals surface area (Å²) in [7, 11) is 0. The van der Waals surface area contributed by atoms with Crippen molar-refractivity contribution < 1.29 is 9.72 Å². The molecule has 2 aromatic rings. The molecule has 1 amide bonds. The first-order chi connectivity index (χ1) is 11.9. The molecule has 0 unspecified atom stereocenters. The van der Waals surface area contributed by atoms with E-state index in [0.29, 0.717) is 0 Å². The number of nitrogens with one attached hydrogen (secondary N) is 2. The van der Waals surface area contributed by atoms with Gasteiger partial charge in [-0.1, -0.05) is 47.1 Å². The summed E-state index contributed by atoms with van der Waals surface area (Å²) in [6.07, 6.45) is 0.810. The zero-order chi connectivity index (χ0) is 18.4. The number of nitro groups is 1. The number of hydrogen-bond acceptors (Lipinski definition) is 4. The molecule has 0 saturated carbocycles. The Kier molecular flexibility index (Phi) is 6.66. The minimum absolute atomic E-state index is 0.0135. The lowest BCUT2D eigenvalue weighted by Crippen LogP contribution is -2.40. The van der Waals surface area contributed by atoms with Gasteiger partial charge >= 0.3 is 0 Å². The summed E-state index contributed by atoms with van der Waals surface area (Å²) >= 11 is 3.41. The Balaban J connectivity index is 2.07. The van der Waals surface area contributed by atoms with Crippen LogP contribution in [0.25, 0.3) is 0 Å². The van der Waals surface area contributed by atoms with Crippen molar-refractivity contribution in [2.45, 2.75) is 32.4 Å². The van der Waals surface area contributed by atoms with Crippen LogP contribution in [0, 0.1) is 10.1 Å². The number of carbonyl (C=O) groups excluding carboxylic acids is 1. The largest absolute Gasteiger partial charge is 0.319 e. The van der Waals surface area contributed by atoms with Crippen molar-refractivity contribution in [3.63, 3.8) is 0 Å². The molecular weight excluding hydrogens is 386 g/mol. The fourth-order valence-electron chi connectivity index (χ4n) is 2.50. The van der Waals surface area contributed by atoms with Gasteiger partial charge in [-0.15, -0.1) is 0 Å². The molecule has 132 valence electrons. The summed E-state index contributed by atoms with van der Waals surface area (Å²) in [5.41, 5.74) is 1.15. The van der Waals surface area contributed by atoms with Crippen LogP contribution in [0.4, 0.5) is 11.4 Å². The molecule has 0 aliphatic carbocycles. The molecule has 0 aliphatic heterocycles. The maximum atomic E-state index is 12.4. The highest BCUT2D eigenvalue weighted by molar-refractivity contribution is 9.10. The lowest BCUT2D eigenvalue weighted by molar-refractivity contribution is -0.383. The van der Waals surface area contributed by atoms with Crippen LogP contribution in [-0.4, -0.2) is 16.9 Å². The molecule has 25 heavy (non-hydrogen) atoms. The minimum atomic E-state index is -0.510. The SMILES string of the molecule is CC[C@H](N[C@@H](C)C(=O)Nc1ccccc1[N+](=O)[O-])c1ccc(Br)cc1. The van der Waals surface area contributed by atoms with Gasteiger partial charge in [0, 0.05) is 16.6 Å². The van der Waals surface area contributed by atoms with E-state index in [-0.39, 0.29) is 23.3 Å². The molecule has 0 saturated heterocycles. The average Bonchev–Trinajstić information content (AvgIpc) is 2.60. The zero-order valence-electron chi connectivity index (χ0n) is 14.0. The first-order valence-electron chi connectivity index (χ1n) is 7.98. The third kappa shape index (κ3) is 5.11. The number of rotatable bonds is 7. The first-order valence-corrected chi connectivity index (χ1v) is 8.77. The quantitative estimate of drug-likeness (QED) is 0.527. The van der Waals surface area contributed by atoms with Gasteiger partial charge in [0.1, 0.15) is 5.69 Å². The van der Waals surface area contributed by atoms with Gasteiger partial charge in [0.05, 0.1) is 11.0 Å². The summed E-state index contributed by atoms with van der Waals surface area (Å²) in [6, 6.07) is 13.5. The Labute approximate surface area is 154 Å². The van der Waals surface area contributed by atoms with Crippen molar-refractivity contribution in [3.05, 3.63) is 68.7 Å². The maximum Gasteiger partial charge on any atom is 0.292 e. The Hall–Kier alpha value is -2.25. The highest BCUT2D eigenvalue weighted by Gasteiger charge is 2.21. The molecule has 2 N–H and O–H groups in total. The molecule has 6 nitrogen and oxygen atoms in total. The normalized spacial score (nSPS) is 13.1. The van der Waals surface area contributed by atoms with Gasteiger partial charge in [0.25, 0.3) is 5.69 Å². The van der Waals surface area contributed by atoms with Crippen LogP contribution in [0.5, 0.6) is 0 Å². The molecule has 0 spiro atoms. The molecule has 2 rings (SSSR count).